The maximum Gasteiger partial charge on any atom is 0.0737 e. The Kier molecular flexibility index (Phi) is 6.16. The van der Waals surface area contributed by atoms with E-state index in [1.807, 2.05) is 0 Å². The molecule has 14 rings (SSSR count). The lowest BCUT2D eigenvalue weighted by molar-refractivity contribution is 0.715. The highest BCUT2D eigenvalue weighted by Crippen LogP contribution is 2.66. The molecule has 59 heavy (non-hydrogen) atoms. The minimum Gasteiger partial charge on any atom is -0.0761 e. The van der Waals surface area contributed by atoms with Crippen LogP contribution in [0.2, 0.25) is 0 Å². The van der Waals surface area contributed by atoms with E-state index in [4.69, 9.17) is 0 Å². The molecule has 0 bridgehead atoms. The van der Waals surface area contributed by atoms with Gasteiger partial charge in [0.25, 0.3) is 0 Å². The van der Waals surface area contributed by atoms with Gasteiger partial charge >= 0.3 is 0 Å². The average molecular weight is 745 g/mol. The monoisotopic (exact) mass is 744 g/mol. The fraction of sp³-hybridized carbons (Fsp3) is 0.0508. The summed E-state index contributed by atoms with van der Waals surface area (Å²) in [5, 5.41) is 13.2. The van der Waals surface area contributed by atoms with Crippen molar-refractivity contribution in [3.63, 3.8) is 0 Å². The van der Waals surface area contributed by atoms with E-state index in [0.29, 0.717) is 0 Å². The second-order valence-electron chi connectivity index (χ2n) is 16.9. The van der Waals surface area contributed by atoms with Crippen LogP contribution in [0.3, 0.4) is 0 Å². The van der Waals surface area contributed by atoms with Gasteiger partial charge in [0.05, 0.1) is 5.41 Å². The van der Waals surface area contributed by atoms with Crippen molar-refractivity contribution >= 4 is 65.5 Å². The van der Waals surface area contributed by atoms with Crippen LogP contribution in [0.15, 0.2) is 200 Å². The molecule has 10 aromatic rings. The predicted molar refractivity (Wildman–Crippen MR) is 249 cm³/mol. The molecule has 0 N–H and O–H groups in total. The van der Waals surface area contributed by atoms with Gasteiger partial charge in [-0.05, 0) is 133 Å². The first-order valence-corrected chi connectivity index (χ1v) is 21.0. The topological polar surface area (TPSA) is 0 Å². The molecule has 4 aliphatic rings. The standard InChI is InChI=1S/C59H36/c1-2-16-37-35(15-1)29-32-49-56-47-26-10-7-21-42(47)51-33-36(30-31-48(51)58(56)59(57(37)49)53-27-13-11-22-43(53)44-23-12-14-28-54(44)59)50-34-52-40-19-4-3-17-38(40)39-18-5-8-24-45(39)55(52)46-25-9-6-20-41(46)50/h1-34,41,46H. The third kappa shape index (κ3) is 3.90. The maximum atomic E-state index is 2.54. The van der Waals surface area contributed by atoms with Crippen LogP contribution in [-0.4, -0.2) is 0 Å². The Bertz CT molecular complexity index is 3580. The van der Waals surface area contributed by atoms with Crippen LogP contribution in [0.1, 0.15) is 44.9 Å². The van der Waals surface area contributed by atoms with Gasteiger partial charge in [-0.1, -0.05) is 194 Å². The Balaban J connectivity index is 1.12. The lowest BCUT2D eigenvalue weighted by Gasteiger charge is -2.35. The van der Waals surface area contributed by atoms with E-state index < -0.39 is 5.41 Å². The summed E-state index contributed by atoms with van der Waals surface area (Å²) in [7, 11) is 0. The Morgan fingerprint density at radius 2 is 0.949 bits per heavy atom. The van der Waals surface area contributed by atoms with Crippen LogP contribution in [0.25, 0.3) is 87.8 Å². The second-order valence-corrected chi connectivity index (χ2v) is 16.9. The summed E-state index contributed by atoms with van der Waals surface area (Å²) in [4.78, 5) is 0. The zero-order chi connectivity index (χ0) is 38.4. The first kappa shape index (κ1) is 31.8. The first-order chi connectivity index (χ1) is 29.3. The van der Waals surface area contributed by atoms with Gasteiger partial charge in [-0.25, -0.2) is 0 Å². The number of rotatable bonds is 1. The quantitative estimate of drug-likeness (QED) is 0.147. The van der Waals surface area contributed by atoms with Gasteiger partial charge in [0, 0.05) is 11.8 Å². The van der Waals surface area contributed by atoms with Crippen LogP contribution >= 0.6 is 0 Å². The number of allylic oxidation sites excluding steroid dienone is 5. The normalized spacial score (nSPS) is 17.6. The molecular formula is C59H36. The molecule has 0 saturated carbocycles. The molecule has 0 heterocycles. The van der Waals surface area contributed by atoms with Crippen LogP contribution in [0.5, 0.6) is 0 Å². The largest absolute Gasteiger partial charge is 0.0761 e. The minimum atomic E-state index is -0.479. The van der Waals surface area contributed by atoms with Crippen molar-refractivity contribution in [2.45, 2.75) is 11.3 Å². The highest BCUT2D eigenvalue weighted by Gasteiger charge is 2.53. The molecule has 10 aromatic carbocycles. The first-order valence-electron chi connectivity index (χ1n) is 21.0. The molecule has 2 unspecified atom stereocenters. The van der Waals surface area contributed by atoms with Crippen molar-refractivity contribution < 1.29 is 0 Å². The molecule has 0 amide bonds. The molecule has 0 saturated heterocycles. The van der Waals surface area contributed by atoms with Gasteiger partial charge in [-0.3, -0.25) is 0 Å². The van der Waals surface area contributed by atoms with E-state index in [2.05, 4.69) is 206 Å². The summed E-state index contributed by atoms with van der Waals surface area (Å²) in [6.45, 7) is 0. The Morgan fingerprint density at radius 1 is 0.373 bits per heavy atom. The van der Waals surface area contributed by atoms with Gasteiger partial charge < -0.3 is 0 Å². The van der Waals surface area contributed by atoms with Gasteiger partial charge in [-0.2, -0.15) is 0 Å². The van der Waals surface area contributed by atoms with Gasteiger partial charge in [0.1, 0.15) is 0 Å². The molecule has 272 valence electrons. The Hall–Kier alpha value is -7.28. The number of benzene rings is 10. The molecule has 0 aliphatic heterocycles. The van der Waals surface area contributed by atoms with Crippen LogP contribution < -0.4 is 0 Å². The lowest BCUT2D eigenvalue weighted by Crippen LogP contribution is -2.26. The molecule has 0 radical (unpaired) electrons. The predicted octanol–water partition coefficient (Wildman–Crippen LogP) is 15.2. The number of fused-ring (bicyclic) bond motifs is 25. The zero-order valence-electron chi connectivity index (χ0n) is 32.3. The third-order valence-electron chi connectivity index (χ3n) is 14.4. The fourth-order valence-electron chi connectivity index (χ4n) is 12.2. The molecule has 4 aliphatic carbocycles. The number of hydrogen-bond acceptors (Lipinski definition) is 0. The number of hydrogen-bond donors (Lipinski definition) is 0. The Labute approximate surface area is 342 Å². The van der Waals surface area contributed by atoms with Crippen molar-refractivity contribution in [1.82, 2.24) is 0 Å². The average Bonchev–Trinajstić information content (AvgIpc) is 3.79. The van der Waals surface area contributed by atoms with E-state index >= 15 is 0 Å². The van der Waals surface area contributed by atoms with E-state index in [-0.39, 0.29) is 11.8 Å². The van der Waals surface area contributed by atoms with E-state index in [0.717, 1.165) is 0 Å². The second kappa shape index (κ2) is 11.4. The van der Waals surface area contributed by atoms with Crippen LogP contribution in [0, 0.1) is 5.92 Å². The maximum absolute atomic E-state index is 2.54. The third-order valence-corrected chi connectivity index (χ3v) is 14.4. The van der Waals surface area contributed by atoms with Crippen molar-refractivity contribution in [2.24, 2.45) is 5.92 Å². The molecule has 0 heteroatoms. The van der Waals surface area contributed by atoms with E-state index in [1.54, 1.807) is 0 Å². The van der Waals surface area contributed by atoms with E-state index in [1.165, 1.54) is 121 Å². The van der Waals surface area contributed by atoms with Gasteiger partial charge in [0.15, 0.2) is 0 Å². The molecular weight excluding hydrogens is 709 g/mol. The molecule has 2 atom stereocenters. The van der Waals surface area contributed by atoms with Crippen molar-refractivity contribution in [1.29, 1.82) is 0 Å². The highest BCUT2D eigenvalue weighted by molar-refractivity contribution is 6.22. The molecule has 0 nitrogen and oxygen atoms in total. The van der Waals surface area contributed by atoms with E-state index in [9.17, 15) is 0 Å². The summed E-state index contributed by atoms with van der Waals surface area (Å²) < 4.78 is 0. The lowest BCUT2D eigenvalue weighted by atomic mass is 9.67. The van der Waals surface area contributed by atoms with Crippen LogP contribution in [-0.2, 0) is 5.41 Å². The van der Waals surface area contributed by atoms with Gasteiger partial charge in [-0.15, -0.1) is 0 Å². The molecule has 0 aromatic heterocycles. The van der Waals surface area contributed by atoms with Gasteiger partial charge in [0.2, 0.25) is 0 Å². The fourth-order valence-corrected chi connectivity index (χ4v) is 12.2. The summed E-state index contributed by atoms with van der Waals surface area (Å²) in [5.41, 5.74) is 16.0. The van der Waals surface area contributed by atoms with Crippen LogP contribution in [0.4, 0.5) is 0 Å². The summed E-state index contributed by atoms with van der Waals surface area (Å²) in [5.74, 6) is 0.472. The summed E-state index contributed by atoms with van der Waals surface area (Å²) in [6, 6.07) is 66.9. The summed E-state index contributed by atoms with van der Waals surface area (Å²) in [6.07, 6.45) is 11.9. The van der Waals surface area contributed by atoms with Crippen molar-refractivity contribution in [3.05, 3.63) is 239 Å². The molecule has 1 spiro atoms. The highest BCUT2D eigenvalue weighted by atomic mass is 14.5. The van der Waals surface area contributed by atoms with Crippen molar-refractivity contribution in [2.75, 3.05) is 0 Å². The molecule has 0 fully saturated rings. The van der Waals surface area contributed by atoms with Crippen molar-refractivity contribution in [3.8, 4) is 22.3 Å². The zero-order valence-corrected chi connectivity index (χ0v) is 32.3. The Morgan fingerprint density at radius 3 is 1.69 bits per heavy atom. The minimum absolute atomic E-state index is 0.228. The summed E-state index contributed by atoms with van der Waals surface area (Å²) >= 11 is 0. The smallest absolute Gasteiger partial charge is 0.0737 e. The SMILES string of the molecule is C1=CC2C(c3ccc4c5c(c6ccccc6c4c3)-c3ccc4ccccc4c3C53c4ccccc4-c4ccccc43)=Cc3c(c4ccccc4c4ccccc34)C2C=C1.